The minimum Gasteiger partial charge on any atom is -0.496 e. The summed E-state index contributed by atoms with van der Waals surface area (Å²) in [5, 5.41) is 1.66. The van der Waals surface area contributed by atoms with Gasteiger partial charge in [-0.15, -0.1) is 12.4 Å². The molecule has 22 heavy (non-hydrogen) atoms. The lowest BCUT2D eigenvalue weighted by Crippen LogP contribution is -2.49. The minimum atomic E-state index is 0. The maximum atomic E-state index is 12.9. The van der Waals surface area contributed by atoms with Gasteiger partial charge in [0.05, 0.1) is 18.5 Å². The Morgan fingerprint density at radius 3 is 2.55 bits per heavy atom. The highest BCUT2D eigenvalue weighted by Crippen LogP contribution is 2.35. The van der Waals surface area contributed by atoms with E-state index in [1.807, 2.05) is 35.0 Å². The van der Waals surface area contributed by atoms with Gasteiger partial charge in [-0.05, 0) is 50.0 Å². The van der Waals surface area contributed by atoms with Gasteiger partial charge in [-0.2, -0.15) is 0 Å². The van der Waals surface area contributed by atoms with Gasteiger partial charge < -0.3 is 14.2 Å². The smallest absolute Gasteiger partial charge is 0.258 e. The molecule has 4 nitrogen and oxygen atoms in total. The van der Waals surface area contributed by atoms with Gasteiger partial charge in [0, 0.05) is 18.1 Å². The van der Waals surface area contributed by atoms with Crippen LogP contribution in [0.2, 0.25) is 0 Å². The summed E-state index contributed by atoms with van der Waals surface area (Å²) >= 11 is 0. The number of fused-ring (bicyclic) bond motifs is 4. The van der Waals surface area contributed by atoms with Gasteiger partial charge in [0.25, 0.3) is 5.56 Å². The first-order valence-electron chi connectivity index (χ1n) is 7.68. The van der Waals surface area contributed by atoms with E-state index in [0.717, 1.165) is 23.1 Å². The number of aromatic nitrogens is 1. The lowest BCUT2D eigenvalue weighted by molar-refractivity contribution is 0.0556. The fraction of sp³-hybridized carbons (Fsp3) is 0.471. The third-order valence-corrected chi connectivity index (χ3v) is 5.13. The number of benzene rings is 1. The van der Waals surface area contributed by atoms with Gasteiger partial charge in [0.1, 0.15) is 5.75 Å². The highest BCUT2D eigenvalue weighted by atomic mass is 35.5. The van der Waals surface area contributed by atoms with Crippen molar-refractivity contribution in [2.24, 2.45) is 5.92 Å². The van der Waals surface area contributed by atoms with Crippen molar-refractivity contribution in [3.8, 4) is 5.75 Å². The highest BCUT2D eigenvalue weighted by molar-refractivity contribution is 5.87. The number of nitrogens with zero attached hydrogens (tertiary/aromatic N) is 2. The number of methoxy groups -OCH3 is 1. The van der Waals surface area contributed by atoms with Gasteiger partial charge in [0.15, 0.2) is 0 Å². The molecule has 3 saturated heterocycles. The van der Waals surface area contributed by atoms with Gasteiger partial charge >= 0.3 is 0 Å². The molecular formula is C17H21ClN2O2. The van der Waals surface area contributed by atoms with Crippen LogP contribution in [0.15, 0.2) is 35.3 Å². The summed E-state index contributed by atoms with van der Waals surface area (Å²) in [6.07, 6.45) is 4.39. The molecule has 0 spiro atoms. The summed E-state index contributed by atoms with van der Waals surface area (Å²) in [5.41, 5.74) is 0.116. The predicted octanol–water partition coefficient (Wildman–Crippen LogP) is 2.70. The van der Waals surface area contributed by atoms with Crippen LogP contribution in [0.1, 0.15) is 18.9 Å². The first-order valence-corrected chi connectivity index (χ1v) is 7.68. The lowest BCUT2D eigenvalue weighted by Gasteiger charge is -2.45. The molecule has 0 aliphatic carbocycles. The van der Waals surface area contributed by atoms with E-state index in [2.05, 4.69) is 4.90 Å². The van der Waals surface area contributed by atoms with E-state index in [4.69, 9.17) is 4.74 Å². The van der Waals surface area contributed by atoms with Crippen LogP contribution in [0, 0.1) is 5.92 Å². The van der Waals surface area contributed by atoms with Crippen LogP contribution in [0.3, 0.4) is 0 Å². The third kappa shape index (κ3) is 2.31. The number of pyridine rings is 1. The van der Waals surface area contributed by atoms with Gasteiger partial charge in [-0.1, -0.05) is 6.07 Å². The molecule has 2 bridgehead atoms. The summed E-state index contributed by atoms with van der Waals surface area (Å²) in [7, 11) is 1.65. The Morgan fingerprint density at radius 2 is 1.91 bits per heavy atom. The zero-order valence-electron chi connectivity index (χ0n) is 12.7. The van der Waals surface area contributed by atoms with Crippen molar-refractivity contribution < 1.29 is 4.74 Å². The Hall–Kier alpha value is -1.52. The fourth-order valence-corrected chi connectivity index (χ4v) is 3.95. The van der Waals surface area contributed by atoms with E-state index in [1.165, 1.54) is 25.9 Å². The molecular weight excluding hydrogens is 300 g/mol. The maximum Gasteiger partial charge on any atom is 0.258 e. The SMILES string of the molecule is COc1cccc2c(=O)n(C3CN4CCC3CC4)ccc12.Cl. The first-order chi connectivity index (χ1) is 10.3. The van der Waals surface area contributed by atoms with Crippen LogP contribution in [0.25, 0.3) is 10.8 Å². The molecule has 5 rings (SSSR count). The fourth-order valence-electron chi connectivity index (χ4n) is 3.95. The Balaban J connectivity index is 0.00000144. The Bertz CT molecular complexity index is 735. The average Bonchev–Trinajstić information content (AvgIpc) is 2.56. The zero-order chi connectivity index (χ0) is 14.4. The highest BCUT2D eigenvalue weighted by Gasteiger charge is 2.35. The summed E-state index contributed by atoms with van der Waals surface area (Å²) in [4.78, 5) is 15.3. The molecule has 0 amide bonds. The molecule has 2 aromatic rings. The van der Waals surface area contributed by atoms with Crippen molar-refractivity contribution in [3.05, 3.63) is 40.8 Å². The van der Waals surface area contributed by atoms with Crippen molar-refractivity contribution >= 4 is 23.2 Å². The quantitative estimate of drug-likeness (QED) is 0.853. The number of hydrogen-bond acceptors (Lipinski definition) is 3. The van der Waals surface area contributed by atoms with Crippen molar-refractivity contribution in [1.82, 2.24) is 9.47 Å². The van der Waals surface area contributed by atoms with Crippen LogP contribution in [-0.2, 0) is 0 Å². The van der Waals surface area contributed by atoms with E-state index >= 15 is 0 Å². The molecule has 3 aliphatic rings. The van der Waals surface area contributed by atoms with Crippen molar-refractivity contribution in [3.63, 3.8) is 0 Å². The summed E-state index contributed by atoms with van der Waals surface area (Å²) in [6.45, 7) is 3.40. The molecule has 3 fully saturated rings. The second kappa shape index (κ2) is 5.94. The van der Waals surface area contributed by atoms with E-state index in [0.29, 0.717) is 12.0 Å². The summed E-state index contributed by atoms with van der Waals surface area (Å²) < 4.78 is 7.32. The molecule has 118 valence electrons. The Labute approximate surface area is 136 Å². The summed E-state index contributed by atoms with van der Waals surface area (Å²) in [5.74, 6) is 1.42. The van der Waals surface area contributed by atoms with Gasteiger partial charge in [0.2, 0.25) is 0 Å². The largest absolute Gasteiger partial charge is 0.496 e. The molecule has 0 saturated carbocycles. The van der Waals surface area contributed by atoms with Crippen LogP contribution in [0.4, 0.5) is 0 Å². The standard InChI is InChI=1S/C17H20N2O2.ClH/c1-21-16-4-2-3-14-13(16)7-10-19(17(14)20)15-11-18-8-5-12(15)6-9-18;/h2-4,7,10,12,15H,5-6,8-9,11H2,1H3;1H. The van der Waals surface area contributed by atoms with Crippen LogP contribution in [0.5, 0.6) is 5.75 Å². The van der Waals surface area contributed by atoms with Crippen molar-refractivity contribution in [2.75, 3.05) is 26.7 Å². The topological polar surface area (TPSA) is 34.5 Å². The number of piperidine rings is 3. The van der Waals surface area contributed by atoms with E-state index in [-0.39, 0.29) is 18.0 Å². The number of ether oxygens (including phenoxy) is 1. The first kappa shape index (κ1) is 15.4. The number of rotatable bonds is 2. The molecule has 1 aromatic carbocycles. The van der Waals surface area contributed by atoms with Crippen molar-refractivity contribution in [2.45, 2.75) is 18.9 Å². The maximum absolute atomic E-state index is 12.9. The van der Waals surface area contributed by atoms with Crippen molar-refractivity contribution in [1.29, 1.82) is 0 Å². The lowest BCUT2D eigenvalue weighted by atomic mass is 9.84. The Morgan fingerprint density at radius 1 is 1.14 bits per heavy atom. The van der Waals surface area contributed by atoms with Crippen LogP contribution in [-0.4, -0.2) is 36.2 Å². The second-order valence-electron chi connectivity index (χ2n) is 6.16. The molecule has 1 atom stereocenters. The average molecular weight is 321 g/mol. The third-order valence-electron chi connectivity index (χ3n) is 5.13. The summed E-state index contributed by atoms with van der Waals surface area (Å²) in [6, 6.07) is 8.05. The normalized spacial score (nSPS) is 26.7. The molecule has 1 unspecified atom stereocenters. The predicted molar refractivity (Wildman–Crippen MR) is 90.2 cm³/mol. The van der Waals surface area contributed by atoms with Gasteiger partial charge in [-0.3, -0.25) is 4.79 Å². The molecule has 4 heterocycles. The molecule has 0 radical (unpaired) electrons. The molecule has 3 aliphatic heterocycles. The molecule has 1 aromatic heterocycles. The van der Waals surface area contributed by atoms with E-state index in [9.17, 15) is 4.79 Å². The molecule has 5 heteroatoms. The minimum absolute atomic E-state index is 0. The van der Waals surface area contributed by atoms with E-state index in [1.54, 1.807) is 7.11 Å². The monoisotopic (exact) mass is 320 g/mol. The molecule has 0 N–H and O–H groups in total. The number of halogens is 1. The second-order valence-corrected chi connectivity index (χ2v) is 6.16. The van der Waals surface area contributed by atoms with E-state index < -0.39 is 0 Å². The van der Waals surface area contributed by atoms with Crippen LogP contribution < -0.4 is 10.3 Å². The van der Waals surface area contributed by atoms with Crippen LogP contribution >= 0.6 is 12.4 Å². The van der Waals surface area contributed by atoms with Gasteiger partial charge in [-0.25, -0.2) is 0 Å². The number of hydrogen-bond donors (Lipinski definition) is 0. The zero-order valence-corrected chi connectivity index (χ0v) is 13.5. The Kier molecular flexibility index (Phi) is 4.15.